The van der Waals surface area contributed by atoms with E-state index in [1.165, 1.54) is 31.4 Å². The van der Waals surface area contributed by atoms with E-state index in [4.69, 9.17) is 9.73 Å². The quantitative estimate of drug-likeness (QED) is 0.803. The van der Waals surface area contributed by atoms with Crippen LogP contribution >= 0.6 is 11.8 Å². The molecule has 0 aromatic rings. The van der Waals surface area contributed by atoms with Gasteiger partial charge in [0.05, 0.1) is 0 Å². The molecule has 0 radical (unpaired) electrons. The summed E-state index contributed by atoms with van der Waals surface area (Å²) >= 11 is 1.87. The summed E-state index contributed by atoms with van der Waals surface area (Å²) < 4.78 is 5.16. The summed E-state index contributed by atoms with van der Waals surface area (Å²) in [5, 5.41) is 4.61. The SMILES string of the molecule is COCCC1(CN=C2NC(C)CCS2)CC1. The smallest absolute Gasteiger partial charge is 0.156 e. The Kier molecular flexibility index (Phi) is 4.14. The molecule has 2 aliphatic rings. The maximum atomic E-state index is 5.16. The summed E-state index contributed by atoms with van der Waals surface area (Å²) in [5.41, 5.74) is 0.478. The van der Waals surface area contributed by atoms with Crippen molar-refractivity contribution in [3.63, 3.8) is 0 Å². The van der Waals surface area contributed by atoms with Crippen molar-refractivity contribution in [1.29, 1.82) is 0 Å². The zero-order valence-corrected chi connectivity index (χ0v) is 11.1. The first-order valence-corrected chi connectivity index (χ1v) is 7.15. The summed E-state index contributed by atoms with van der Waals surface area (Å²) in [5.74, 6) is 1.21. The molecule has 0 amide bonds. The average molecular weight is 242 g/mol. The lowest BCUT2D eigenvalue weighted by Crippen LogP contribution is -2.35. The van der Waals surface area contributed by atoms with Gasteiger partial charge in [-0.05, 0) is 38.0 Å². The fraction of sp³-hybridized carbons (Fsp3) is 0.917. The minimum atomic E-state index is 0.478. The monoisotopic (exact) mass is 242 g/mol. The Balaban J connectivity index is 1.79. The molecule has 2 fully saturated rings. The Bertz CT molecular complexity index is 264. The number of rotatable bonds is 5. The number of thioether (sulfide) groups is 1. The van der Waals surface area contributed by atoms with Gasteiger partial charge in [0.1, 0.15) is 0 Å². The fourth-order valence-electron chi connectivity index (χ4n) is 1.97. The van der Waals surface area contributed by atoms with E-state index in [1.807, 2.05) is 11.8 Å². The normalized spacial score (nSPS) is 30.1. The van der Waals surface area contributed by atoms with Crippen molar-refractivity contribution in [1.82, 2.24) is 5.32 Å². The third-order valence-corrected chi connectivity index (χ3v) is 4.47. The van der Waals surface area contributed by atoms with Crippen LogP contribution in [0.2, 0.25) is 0 Å². The van der Waals surface area contributed by atoms with Crippen LogP contribution in [0.3, 0.4) is 0 Å². The van der Waals surface area contributed by atoms with Gasteiger partial charge >= 0.3 is 0 Å². The average Bonchev–Trinajstić information content (AvgIpc) is 3.05. The minimum absolute atomic E-state index is 0.478. The third-order valence-electron chi connectivity index (χ3n) is 3.51. The number of hydrogen-bond donors (Lipinski definition) is 1. The van der Waals surface area contributed by atoms with Crippen molar-refractivity contribution in [2.24, 2.45) is 10.4 Å². The number of amidine groups is 1. The number of methoxy groups -OCH3 is 1. The lowest BCUT2D eigenvalue weighted by atomic mass is 10.0. The van der Waals surface area contributed by atoms with E-state index in [2.05, 4.69) is 12.2 Å². The van der Waals surface area contributed by atoms with Crippen LogP contribution in [0.1, 0.15) is 32.6 Å². The molecule has 1 aliphatic carbocycles. The standard InChI is InChI=1S/C12H22N2OS/c1-10-3-8-16-11(14-10)13-9-12(4-5-12)6-7-15-2/h10H,3-9H2,1-2H3,(H,13,14). The predicted molar refractivity (Wildman–Crippen MR) is 70.1 cm³/mol. The predicted octanol–water partition coefficient (Wildman–Crippen LogP) is 2.27. The zero-order chi connectivity index (χ0) is 11.4. The van der Waals surface area contributed by atoms with Crippen molar-refractivity contribution in [2.45, 2.75) is 38.6 Å². The molecule has 1 atom stereocenters. The van der Waals surface area contributed by atoms with Crippen molar-refractivity contribution in [3.8, 4) is 0 Å². The lowest BCUT2D eigenvalue weighted by Gasteiger charge is -2.22. The molecule has 4 heteroatoms. The van der Waals surface area contributed by atoms with Gasteiger partial charge in [0.25, 0.3) is 0 Å². The second kappa shape index (κ2) is 5.41. The number of nitrogens with one attached hydrogen (secondary N) is 1. The summed E-state index contributed by atoms with van der Waals surface area (Å²) in [4.78, 5) is 4.73. The number of aliphatic imine (C=N–C) groups is 1. The summed E-state index contributed by atoms with van der Waals surface area (Å²) in [7, 11) is 1.78. The minimum Gasteiger partial charge on any atom is -0.385 e. The topological polar surface area (TPSA) is 33.6 Å². The molecule has 3 nitrogen and oxygen atoms in total. The summed E-state index contributed by atoms with van der Waals surface area (Å²) in [6.07, 6.45) is 5.07. The van der Waals surface area contributed by atoms with E-state index in [0.717, 1.165) is 18.3 Å². The van der Waals surface area contributed by atoms with Crippen LogP contribution in [0.4, 0.5) is 0 Å². The molecular formula is C12H22N2OS. The van der Waals surface area contributed by atoms with E-state index in [9.17, 15) is 0 Å². The number of hydrogen-bond acceptors (Lipinski definition) is 3. The van der Waals surface area contributed by atoms with Crippen LogP contribution < -0.4 is 5.32 Å². The van der Waals surface area contributed by atoms with Gasteiger partial charge in [-0.15, -0.1) is 0 Å². The van der Waals surface area contributed by atoms with Gasteiger partial charge in [-0.1, -0.05) is 11.8 Å². The van der Waals surface area contributed by atoms with Gasteiger partial charge in [-0.2, -0.15) is 0 Å². The molecule has 16 heavy (non-hydrogen) atoms. The molecular weight excluding hydrogens is 220 g/mol. The second-order valence-electron chi connectivity index (χ2n) is 5.05. The van der Waals surface area contributed by atoms with Crippen LogP contribution in [0.25, 0.3) is 0 Å². The molecule has 1 saturated carbocycles. The van der Waals surface area contributed by atoms with E-state index in [0.29, 0.717) is 11.5 Å². The molecule has 0 spiro atoms. The molecule has 0 aromatic carbocycles. The molecule has 1 saturated heterocycles. The number of ether oxygens (including phenoxy) is 1. The first-order chi connectivity index (χ1) is 7.74. The zero-order valence-electron chi connectivity index (χ0n) is 10.3. The van der Waals surface area contributed by atoms with Crippen molar-refractivity contribution < 1.29 is 4.74 Å². The second-order valence-corrected chi connectivity index (χ2v) is 6.13. The highest BCUT2D eigenvalue weighted by atomic mass is 32.2. The molecule has 1 aliphatic heterocycles. The van der Waals surface area contributed by atoms with Crippen molar-refractivity contribution in [3.05, 3.63) is 0 Å². The Labute approximate surface area is 102 Å². The van der Waals surface area contributed by atoms with E-state index in [-0.39, 0.29) is 0 Å². The molecule has 1 unspecified atom stereocenters. The van der Waals surface area contributed by atoms with Crippen molar-refractivity contribution >= 4 is 16.9 Å². The molecule has 1 heterocycles. The van der Waals surface area contributed by atoms with Crippen LogP contribution in [0, 0.1) is 5.41 Å². The van der Waals surface area contributed by atoms with Gasteiger partial charge in [0, 0.05) is 32.1 Å². The molecule has 1 N–H and O–H groups in total. The Morgan fingerprint density at radius 3 is 3.00 bits per heavy atom. The van der Waals surface area contributed by atoms with Crippen LogP contribution in [0.15, 0.2) is 4.99 Å². The van der Waals surface area contributed by atoms with Gasteiger partial charge in [0.2, 0.25) is 0 Å². The first-order valence-electron chi connectivity index (χ1n) is 6.17. The maximum Gasteiger partial charge on any atom is 0.156 e. The van der Waals surface area contributed by atoms with Crippen molar-refractivity contribution in [2.75, 3.05) is 26.0 Å². The highest BCUT2D eigenvalue weighted by Crippen LogP contribution is 2.49. The number of nitrogens with zero attached hydrogens (tertiary/aromatic N) is 1. The molecule has 0 bridgehead atoms. The van der Waals surface area contributed by atoms with Gasteiger partial charge in [-0.25, -0.2) is 0 Å². The van der Waals surface area contributed by atoms with Crippen LogP contribution in [-0.2, 0) is 4.74 Å². The Morgan fingerprint density at radius 2 is 2.38 bits per heavy atom. The first kappa shape index (κ1) is 12.2. The molecule has 0 aromatic heterocycles. The molecule has 2 rings (SSSR count). The highest BCUT2D eigenvalue weighted by molar-refractivity contribution is 8.13. The molecule has 92 valence electrons. The lowest BCUT2D eigenvalue weighted by molar-refractivity contribution is 0.174. The van der Waals surface area contributed by atoms with E-state index >= 15 is 0 Å². The summed E-state index contributed by atoms with van der Waals surface area (Å²) in [6, 6.07) is 0.592. The Hall–Kier alpha value is -0.220. The van der Waals surface area contributed by atoms with E-state index < -0.39 is 0 Å². The van der Waals surface area contributed by atoms with Gasteiger partial charge < -0.3 is 10.1 Å². The summed E-state index contributed by atoms with van der Waals surface area (Å²) in [6.45, 7) is 4.09. The van der Waals surface area contributed by atoms with Crippen LogP contribution in [-0.4, -0.2) is 37.2 Å². The van der Waals surface area contributed by atoms with Crippen LogP contribution in [0.5, 0.6) is 0 Å². The Morgan fingerprint density at radius 1 is 1.56 bits per heavy atom. The van der Waals surface area contributed by atoms with Gasteiger partial charge in [-0.3, -0.25) is 4.99 Å². The fourth-order valence-corrected chi connectivity index (χ4v) is 3.08. The largest absolute Gasteiger partial charge is 0.385 e. The highest BCUT2D eigenvalue weighted by Gasteiger charge is 2.41. The van der Waals surface area contributed by atoms with Gasteiger partial charge in [0.15, 0.2) is 5.17 Å². The third kappa shape index (κ3) is 3.39. The van der Waals surface area contributed by atoms with E-state index in [1.54, 1.807) is 7.11 Å². The maximum absolute atomic E-state index is 5.16.